The Morgan fingerprint density at radius 1 is 0.806 bits per heavy atom. The van der Waals surface area contributed by atoms with Gasteiger partial charge in [0.1, 0.15) is 5.75 Å². The summed E-state index contributed by atoms with van der Waals surface area (Å²) in [7, 11) is 0. The highest BCUT2D eigenvalue weighted by Crippen LogP contribution is 2.29. The summed E-state index contributed by atoms with van der Waals surface area (Å²) in [6.45, 7) is 7.99. The molecule has 0 fully saturated rings. The molecule has 0 heterocycles. The molecule has 0 radical (unpaired) electrons. The first-order valence-corrected chi connectivity index (χ1v) is 12.2. The minimum absolute atomic E-state index is 0.233. The third-order valence-corrected chi connectivity index (χ3v) is 5.98. The maximum atomic E-state index is 12.7. The Hall–Kier alpha value is -4.13. The van der Waals surface area contributed by atoms with Crippen molar-refractivity contribution in [2.45, 2.75) is 52.6 Å². The van der Waals surface area contributed by atoms with Crippen LogP contribution in [0.25, 0.3) is 0 Å². The van der Waals surface area contributed by atoms with Gasteiger partial charge in [0.25, 0.3) is 17.7 Å². The molecule has 0 bridgehead atoms. The number of aryl methyl sites for hydroxylation is 1. The summed E-state index contributed by atoms with van der Waals surface area (Å²) in [4.78, 5) is 37.7. The summed E-state index contributed by atoms with van der Waals surface area (Å²) < 4.78 is 6.01. The lowest BCUT2D eigenvalue weighted by atomic mass is 9.98. The Morgan fingerprint density at radius 3 is 2.19 bits per heavy atom. The second-order valence-electron chi connectivity index (χ2n) is 8.71. The highest BCUT2D eigenvalue weighted by molar-refractivity contribution is 6.04. The number of hydrogen-bond acceptors (Lipinski definition) is 4. The predicted octanol–water partition coefficient (Wildman–Crippen LogP) is 5.38. The molecule has 3 N–H and O–H groups in total. The third kappa shape index (κ3) is 6.95. The number of hydrogen-bond donors (Lipinski definition) is 3. The van der Waals surface area contributed by atoms with Crippen LogP contribution in [0.15, 0.2) is 72.8 Å². The summed E-state index contributed by atoms with van der Waals surface area (Å²) in [5.41, 5.74) is 8.37. The van der Waals surface area contributed by atoms with Crippen LogP contribution in [-0.2, 0) is 4.79 Å². The Bertz CT molecular complexity index is 1210. The van der Waals surface area contributed by atoms with E-state index in [0.717, 1.165) is 17.5 Å². The summed E-state index contributed by atoms with van der Waals surface area (Å²) in [6.07, 6.45) is 0.634. The van der Waals surface area contributed by atoms with Crippen LogP contribution in [0.2, 0.25) is 0 Å². The van der Waals surface area contributed by atoms with Gasteiger partial charge in [0, 0.05) is 16.8 Å². The van der Waals surface area contributed by atoms with Gasteiger partial charge >= 0.3 is 0 Å². The van der Waals surface area contributed by atoms with Gasteiger partial charge in [-0.3, -0.25) is 25.2 Å². The molecule has 7 nitrogen and oxygen atoms in total. The van der Waals surface area contributed by atoms with Crippen LogP contribution in [0.1, 0.15) is 71.4 Å². The molecule has 0 aliphatic rings. The molecule has 0 saturated carbocycles. The van der Waals surface area contributed by atoms with Crippen molar-refractivity contribution >= 4 is 23.4 Å². The van der Waals surface area contributed by atoms with Crippen LogP contribution in [0.5, 0.6) is 5.75 Å². The van der Waals surface area contributed by atoms with Crippen LogP contribution in [0.4, 0.5) is 5.69 Å². The minimum atomic E-state index is -0.755. The smallest absolute Gasteiger partial charge is 0.279 e. The number of hydrazine groups is 1. The van der Waals surface area contributed by atoms with Gasteiger partial charge in [-0.15, -0.1) is 0 Å². The van der Waals surface area contributed by atoms with Gasteiger partial charge in [-0.1, -0.05) is 56.7 Å². The van der Waals surface area contributed by atoms with E-state index in [4.69, 9.17) is 4.74 Å². The van der Waals surface area contributed by atoms with Crippen molar-refractivity contribution in [2.75, 3.05) is 5.32 Å². The number of carbonyl (C=O) groups is 3. The summed E-state index contributed by atoms with van der Waals surface area (Å²) >= 11 is 0. The standard InChI is InChI=1S/C29H33N3O4/c1-5-20(4)24-12-7-8-13-26(24)36-25(6-2)29(35)32-31-28(34)21-14-16-23(17-15-21)30-27(33)22-11-9-10-19(3)18-22/h7-18,20,25H,5-6H2,1-4H3,(H,30,33)(H,31,34)(H,32,35). The zero-order valence-electron chi connectivity index (χ0n) is 21.1. The number of para-hydroxylation sites is 1. The molecule has 0 saturated heterocycles. The van der Waals surface area contributed by atoms with Gasteiger partial charge in [-0.2, -0.15) is 0 Å². The number of carbonyl (C=O) groups excluding carboxylic acids is 3. The predicted molar refractivity (Wildman–Crippen MR) is 141 cm³/mol. The molecule has 3 amide bonds. The molecule has 3 rings (SSSR count). The molecule has 0 aliphatic heterocycles. The lowest BCUT2D eigenvalue weighted by Crippen LogP contribution is -2.48. The van der Waals surface area contributed by atoms with Crippen LogP contribution in [0, 0.1) is 6.92 Å². The lowest BCUT2D eigenvalue weighted by molar-refractivity contribution is -0.128. The monoisotopic (exact) mass is 487 g/mol. The van der Waals surface area contributed by atoms with Crippen molar-refractivity contribution in [3.05, 3.63) is 95.1 Å². The van der Waals surface area contributed by atoms with Gasteiger partial charge in [0.2, 0.25) is 0 Å². The van der Waals surface area contributed by atoms with E-state index in [1.54, 1.807) is 36.4 Å². The van der Waals surface area contributed by atoms with Crippen LogP contribution in [0.3, 0.4) is 0 Å². The Morgan fingerprint density at radius 2 is 1.53 bits per heavy atom. The zero-order valence-corrected chi connectivity index (χ0v) is 21.1. The largest absolute Gasteiger partial charge is 0.480 e. The van der Waals surface area contributed by atoms with Crippen LogP contribution < -0.4 is 20.9 Å². The molecule has 3 aromatic carbocycles. The average Bonchev–Trinajstić information content (AvgIpc) is 2.90. The van der Waals surface area contributed by atoms with E-state index in [0.29, 0.717) is 34.9 Å². The quantitative estimate of drug-likeness (QED) is 0.353. The minimum Gasteiger partial charge on any atom is -0.480 e. The number of rotatable bonds is 9. The molecule has 7 heteroatoms. The fraction of sp³-hybridized carbons (Fsp3) is 0.276. The Kier molecular flexibility index (Phi) is 9.22. The number of anilines is 1. The molecule has 0 aromatic heterocycles. The average molecular weight is 488 g/mol. The highest BCUT2D eigenvalue weighted by atomic mass is 16.5. The fourth-order valence-corrected chi connectivity index (χ4v) is 3.66. The van der Waals surface area contributed by atoms with E-state index in [1.807, 2.05) is 50.2 Å². The molecular weight excluding hydrogens is 454 g/mol. The lowest BCUT2D eigenvalue weighted by Gasteiger charge is -2.21. The molecule has 2 atom stereocenters. The first kappa shape index (κ1) is 26.5. The number of benzene rings is 3. The first-order valence-electron chi connectivity index (χ1n) is 12.2. The number of ether oxygens (including phenoxy) is 1. The molecule has 36 heavy (non-hydrogen) atoms. The van der Waals surface area contributed by atoms with E-state index in [-0.39, 0.29) is 5.91 Å². The van der Waals surface area contributed by atoms with Crippen molar-refractivity contribution in [1.82, 2.24) is 10.9 Å². The van der Waals surface area contributed by atoms with Gasteiger partial charge in [-0.25, -0.2) is 0 Å². The molecule has 3 aromatic rings. The first-order chi connectivity index (χ1) is 17.3. The van der Waals surface area contributed by atoms with Crippen molar-refractivity contribution in [3.63, 3.8) is 0 Å². The van der Waals surface area contributed by atoms with E-state index < -0.39 is 17.9 Å². The summed E-state index contributed by atoms with van der Waals surface area (Å²) in [6, 6.07) is 21.4. The van der Waals surface area contributed by atoms with Crippen molar-refractivity contribution < 1.29 is 19.1 Å². The molecular formula is C29H33N3O4. The van der Waals surface area contributed by atoms with E-state index >= 15 is 0 Å². The maximum Gasteiger partial charge on any atom is 0.279 e. The van der Waals surface area contributed by atoms with E-state index in [1.165, 1.54) is 0 Å². The van der Waals surface area contributed by atoms with Crippen LogP contribution >= 0.6 is 0 Å². The van der Waals surface area contributed by atoms with E-state index in [2.05, 4.69) is 30.0 Å². The number of amides is 3. The van der Waals surface area contributed by atoms with Gasteiger partial charge < -0.3 is 10.1 Å². The Labute approximate surface area is 212 Å². The van der Waals surface area contributed by atoms with Crippen molar-refractivity contribution in [1.29, 1.82) is 0 Å². The van der Waals surface area contributed by atoms with Crippen molar-refractivity contribution in [3.8, 4) is 5.75 Å². The summed E-state index contributed by atoms with van der Waals surface area (Å²) in [5.74, 6) is -0.181. The van der Waals surface area contributed by atoms with Gasteiger partial charge in [-0.05, 0) is 73.7 Å². The second kappa shape index (κ2) is 12.5. The van der Waals surface area contributed by atoms with Crippen molar-refractivity contribution in [2.24, 2.45) is 0 Å². The third-order valence-electron chi connectivity index (χ3n) is 5.98. The van der Waals surface area contributed by atoms with Gasteiger partial charge in [0.05, 0.1) is 0 Å². The zero-order chi connectivity index (χ0) is 26.1. The fourth-order valence-electron chi connectivity index (χ4n) is 3.66. The molecule has 188 valence electrons. The van der Waals surface area contributed by atoms with Gasteiger partial charge in [0.15, 0.2) is 6.10 Å². The normalized spacial score (nSPS) is 12.2. The van der Waals surface area contributed by atoms with Crippen LogP contribution in [-0.4, -0.2) is 23.8 Å². The second-order valence-corrected chi connectivity index (χ2v) is 8.71. The molecule has 0 spiro atoms. The number of nitrogens with one attached hydrogen (secondary N) is 3. The maximum absolute atomic E-state index is 12.7. The SMILES string of the molecule is CCC(Oc1ccccc1C(C)CC)C(=O)NNC(=O)c1ccc(NC(=O)c2cccc(C)c2)cc1. The molecule has 2 unspecified atom stereocenters. The topological polar surface area (TPSA) is 96.5 Å². The highest BCUT2D eigenvalue weighted by Gasteiger charge is 2.21. The Balaban J connectivity index is 1.56. The molecule has 0 aliphatic carbocycles. The van der Waals surface area contributed by atoms with E-state index in [9.17, 15) is 14.4 Å². The summed E-state index contributed by atoms with van der Waals surface area (Å²) in [5, 5.41) is 2.81.